The Morgan fingerprint density at radius 2 is 1.91 bits per heavy atom. The molecule has 0 radical (unpaired) electrons. The number of piperidine rings is 1. The average molecular weight is 632 g/mol. The number of benzene rings is 2. The summed E-state index contributed by atoms with van der Waals surface area (Å²) in [5.41, 5.74) is 5.05. The Morgan fingerprint density at radius 1 is 1.11 bits per heavy atom. The maximum absolute atomic E-state index is 13.0. The molecule has 1 N–H and O–H groups in total. The van der Waals surface area contributed by atoms with Gasteiger partial charge in [0.2, 0.25) is 5.91 Å². The van der Waals surface area contributed by atoms with Crippen molar-refractivity contribution in [1.82, 2.24) is 24.8 Å². The first kappa shape index (κ1) is 30.4. The number of carbonyl (C=O) groups is 1. The van der Waals surface area contributed by atoms with Crippen molar-refractivity contribution < 1.29 is 22.7 Å². The van der Waals surface area contributed by atoms with E-state index in [-0.39, 0.29) is 29.6 Å². The Kier molecular flexibility index (Phi) is 7.85. The number of halogens is 3. The summed E-state index contributed by atoms with van der Waals surface area (Å²) < 4.78 is 46.9. The number of carbonyl (C=O) groups excluding carboxylic acids is 1. The number of anilines is 1. The molecule has 9 nitrogen and oxygen atoms in total. The SMILES string of the molecule is Cc1c(CN2CCC3(CC2)CN(c2ncnc4ccc(CC(F)(F)F)cc24)C3)ccc2c1cc(C#N)n2CC1CCNC(=O)CO1. The minimum absolute atomic E-state index is 0.0355. The molecule has 46 heavy (non-hydrogen) atoms. The minimum atomic E-state index is -4.27. The van der Waals surface area contributed by atoms with Crippen molar-refractivity contribution in [1.29, 1.82) is 5.26 Å². The van der Waals surface area contributed by atoms with E-state index in [2.05, 4.69) is 50.2 Å². The Bertz CT molecular complexity index is 1830. The lowest BCUT2D eigenvalue weighted by atomic mass is 9.72. The highest BCUT2D eigenvalue weighted by Gasteiger charge is 2.45. The normalized spacial score (nSPS) is 20.5. The summed E-state index contributed by atoms with van der Waals surface area (Å²) in [5, 5.41) is 14.5. The Hall–Kier alpha value is -4.21. The van der Waals surface area contributed by atoms with Crippen molar-refractivity contribution in [2.45, 2.75) is 58.0 Å². The van der Waals surface area contributed by atoms with Crippen LogP contribution in [0.25, 0.3) is 21.8 Å². The molecular weight excluding hydrogens is 595 g/mol. The Balaban J connectivity index is 1.00. The number of nitriles is 1. The van der Waals surface area contributed by atoms with Gasteiger partial charge in [-0.3, -0.25) is 9.69 Å². The lowest BCUT2D eigenvalue weighted by molar-refractivity contribution is -0.127. The molecule has 1 unspecified atom stereocenters. The second kappa shape index (κ2) is 11.9. The van der Waals surface area contributed by atoms with Gasteiger partial charge in [0.05, 0.1) is 24.6 Å². The predicted octanol–water partition coefficient (Wildman–Crippen LogP) is 4.88. The van der Waals surface area contributed by atoms with Crippen molar-refractivity contribution in [2.24, 2.45) is 5.41 Å². The summed E-state index contributed by atoms with van der Waals surface area (Å²) in [6.07, 6.45) is -1.11. The molecule has 3 saturated heterocycles. The van der Waals surface area contributed by atoms with E-state index in [1.165, 1.54) is 23.5 Å². The van der Waals surface area contributed by atoms with Crippen LogP contribution < -0.4 is 10.2 Å². The number of hydrogen-bond acceptors (Lipinski definition) is 7. The van der Waals surface area contributed by atoms with Crippen LogP contribution >= 0.6 is 0 Å². The summed E-state index contributed by atoms with van der Waals surface area (Å²) in [7, 11) is 0. The van der Waals surface area contributed by atoms with E-state index in [1.807, 2.05) is 10.6 Å². The van der Waals surface area contributed by atoms with Crippen LogP contribution in [0.5, 0.6) is 0 Å². The molecule has 240 valence electrons. The number of alkyl halides is 3. The number of fused-ring (bicyclic) bond motifs is 2. The second-order valence-electron chi connectivity index (χ2n) is 13.1. The quantitative estimate of drug-likeness (QED) is 0.324. The zero-order chi connectivity index (χ0) is 32.1. The van der Waals surface area contributed by atoms with Crippen molar-refractivity contribution in [3.63, 3.8) is 0 Å². The van der Waals surface area contributed by atoms with E-state index in [0.29, 0.717) is 41.9 Å². The zero-order valence-electron chi connectivity index (χ0n) is 25.7. The fraction of sp³-hybridized carbons (Fsp3) is 0.471. The van der Waals surface area contributed by atoms with Crippen LogP contribution in [0.1, 0.15) is 41.6 Å². The average Bonchev–Trinajstić information content (AvgIpc) is 3.23. The molecule has 3 aliphatic heterocycles. The van der Waals surface area contributed by atoms with Crippen LogP contribution in [0, 0.1) is 23.7 Å². The molecule has 1 atom stereocenters. The van der Waals surface area contributed by atoms with Gasteiger partial charge >= 0.3 is 6.18 Å². The first-order chi connectivity index (χ1) is 22.1. The highest BCUT2D eigenvalue weighted by atomic mass is 19.4. The maximum atomic E-state index is 13.0. The summed E-state index contributed by atoms with van der Waals surface area (Å²) in [4.78, 5) is 25.1. The van der Waals surface area contributed by atoms with E-state index in [0.717, 1.165) is 56.5 Å². The molecule has 0 saturated carbocycles. The topological polar surface area (TPSA) is 99.3 Å². The highest BCUT2D eigenvalue weighted by molar-refractivity contribution is 5.90. The van der Waals surface area contributed by atoms with Crippen LogP contribution in [-0.2, 0) is 29.0 Å². The van der Waals surface area contributed by atoms with Crippen LogP contribution in [0.2, 0.25) is 0 Å². The number of amides is 1. The molecule has 1 amide bonds. The first-order valence-corrected chi connectivity index (χ1v) is 15.8. The van der Waals surface area contributed by atoms with E-state index < -0.39 is 12.6 Å². The first-order valence-electron chi connectivity index (χ1n) is 15.8. The molecular formula is C34H36F3N7O2. The van der Waals surface area contributed by atoms with Gasteiger partial charge in [0.15, 0.2) is 0 Å². The number of ether oxygens (including phenoxy) is 1. The van der Waals surface area contributed by atoms with Crippen molar-refractivity contribution in [3.8, 4) is 6.07 Å². The fourth-order valence-corrected chi connectivity index (χ4v) is 7.37. The van der Waals surface area contributed by atoms with Gasteiger partial charge in [0.25, 0.3) is 0 Å². The smallest absolute Gasteiger partial charge is 0.366 e. The van der Waals surface area contributed by atoms with E-state index in [4.69, 9.17) is 4.74 Å². The third-order valence-electron chi connectivity index (χ3n) is 9.95. The molecule has 12 heteroatoms. The van der Waals surface area contributed by atoms with Crippen molar-refractivity contribution >= 4 is 33.5 Å². The number of nitrogens with one attached hydrogen (secondary N) is 1. The van der Waals surface area contributed by atoms with Gasteiger partial charge < -0.3 is 19.5 Å². The summed E-state index contributed by atoms with van der Waals surface area (Å²) in [6.45, 7) is 7.65. The van der Waals surface area contributed by atoms with Crippen LogP contribution in [-0.4, -0.2) is 77.0 Å². The number of hydrogen-bond donors (Lipinski definition) is 1. The third kappa shape index (κ3) is 6.01. The number of rotatable bonds is 6. The summed E-state index contributed by atoms with van der Waals surface area (Å²) >= 11 is 0. The standard InChI is InChI=1S/C34H36F3N7O2/c1-22-24(3-5-30-27(22)13-25(15-38)44(30)17-26-6-9-39-31(45)18-46-26)16-42-10-7-33(8-11-42)19-43(20-33)32-28-12-23(14-34(35,36)37)2-4-29(28)40-21-41-32/h2-5,12-13,21,26H,6-11,14,16-20H2,1H3,(H,39,45). The molecule has 2 aromatic carbocycles. The lowest BCUT2D eigenvalue weighted by Gasteiger charge is -2.54. The zero-order valence-corrected chi connectivity index (χ0v) is 25.7. The molecule has 3 fully saturated rings. The van der Waals surface area contributed by atoms with E-state index in [1.54, 1.807) is 12.1 Å². The van der Waals surface area contributed by atoms with Crippen LogP contribution in [0.4, 0.5) is 19.0 Å². The number of nitrogens with zero attached hydrogens (tertiary/aromatic N) is 6. The largest absolute Gasteiger partial charge is 0.393 e. The van der Waals surface area contributed by atoms with Gasteiger partial charge in [-0.2, -0.15) is 18.4 Å². The van der Waals surface area contributed by atoms with Crippen molar-refractivity contribution in [3.05, 3.63) is 65.1 Å². The molecule has 4 aromatic rings. The lowest BCUT2D eigenvalue weighted by Crippen LogP contribution is -2.60. The Morgan fingerprint density at radius 3 is 2.67 bits per heavy atom. The Labute approximate surface area is 264 Å². The van der Waals surface area contributed by atoms with Gasteiger partial charge in [-0.15, -0.1) is 0 Å². The molecule has 3 aliphatic rings. The molecule has 0 aliphatic carbocycles. The molecule has 0 bridgehead atoms. The van der Waals surface area contributed by atoms with Gasteiger partial charge in [-0.25, -0.2) is 9.97 Å². The van der Waals surface area contributed by atoms with E-state index >= 15 is 0 Å². The van der Waals surface area contributed by atoms with Gasteiger partial charge in [-0.05, 0) is 80.2 Å². The number of aromatic nitrogens is 3. The monoisotopic (exact) mass is 631 g/mol. The second-order valence-corrected chi connectivity index (χ2v) is 13.1. The summed E-state index contributed by atoms with van der Waals surface area (Å²) in [5.74, 6) is 0.602. The third-order valence-corrected chi connectivity index (χ3v) is 9.95. The van der Waals surface area contributed by atoms with Gasteiger partial charge in [-0.1, -0.05) is 12.1 Å². The van der Waals surface area contributed by atoms with E-state index in [9.17, 15) is 23.2 Å². The van der Waals surface area contributed by atoms with Gasteiger partial charge in [0.1, 0.15) is 30.5 Å². The maximum Gasteiger partial charge on any atom is 0.393 e. The molecule has 1 spiro atoms. The number of likely N-dealkylation sites (tertiary alicyclic amines) is 1. The minimum Gasteiger partial charge on any atom is -0.366 e. The van der Waals surface area contributed by atoms with Crippen molar-refractivity contribution in [2.75, 3.05) is 44.2 Å². The predicted molar refractivity (Wildman–Crippen MR) is 167 cm³/mol. The highest BCUT2D eigenvalue weighted by Crippen LogP contribution is 2.44. The molecule has 5 heterocycles. The number of aryl methyl sites for hydroxylation is 1. The molecule has 7 rings (SSSR count). The molecule has 2 aromatic heterocycles. The van der Waals surface area contributed by atoms with Gasteiger partial charge in [0, 0.05) is 47.9 Å². The fourth-order valence-electron chi connectivity index (χ4n) is 7.37. The van der Waals surface area contributed by atoms with Crippen LogP contribution in [0.3, 0.4) is 0 Å². The summed E-state index contributed by atoms with van der Waals surface area (Å²) in [6, 6.07) is 13.3. The van der Waals surface area contributed by atoms with Crippen LogP contribution in [0.15, 0.2) is 42.7 Å².